The van der Waals surface area contributed by atoms with E-state index < -0.39 is 0 Å². The smallest absolute Gasteiger partial charge is 0.123 e. The maximum Gasteiger partial charge on any atom is 0.123 e. The average molecular weight is 276 g/mol. The summed E-state index contributed by atoms with van der Waals surface area (Å²) in [4.78, 5) is 5.20. The lowest BCUT2D eigenvalue weighted by Gasteiger charge is -2.09. The van der Waals surface area contributed by atoms with Crippen molar-refractivity contribution in [2.45, 2.75) is 20.4 Å². The summed E-state index contributed by atoms with van der Waals surface area (Å²) in [7, 11) is 0. The number of benzene rings is 1. The van der Waals surface area contributed by atoms with Gasteiger partial charge in [0.2, 0.25) is 0 Å². The van der Waals surface area contributed by atoms with Crippen LogP contribution in [0.4, 0.5) is 4.39 Å². The second-order valence-corrected chi connectivity index (χ2v) is 4.62. The van der Waals surface area contributed by atoms with Gasteiger partial charge in [-0.3, -0.25) is 0 Å². The fraction of sp³-hybridized carbons (Fsp3) is 0.455. The minimum atomic E-state index is -0.237. The van der Waals surface area contributed by atoms with Crippen LogP contribution >= 0.6 is 15.9 Å². The predicted octanol–water partition coefficient (Wildman–Crippen LogP) is 3.27. The van der Waals surface area contributed by atoms with Crippen LogP contribution in [0.3, 0.4) is 0 Å². The third kappa shape index (κ3) is 4.73. The van der Waals surface area contributed by atoms with E-state index in [0.29, 0.717) is 19.1 Å². The van der Waals surface area contributed by atoms with Crippen molar-refractivity contribution in [1.29, 1.82) is 0 Å². The Morgan fingerprint density at radius 3 is 2.87 bits per heavy atom. The van der Waals surface area contributed by atoms with Gasteiger partial charge in [-0.25, -0.2) is 4.39 Å². The molecule has 0 heterocycles. The van der Waals surface area contributed by atoms with E-state index >= 15 is 0 Å². The summed E-state index contributed by atoms with van der Waals surface area (Å²) in [5.74, 6) is 0.243. The molecule has 0 aliphatic rings. The van der Waals surface area contributed by atoms with Crippen LogP contribution in [0.1, 0.15) is 19.4 Å². The molecule has 0 atom stereocenters. The van der Waals surface area contributed by atoms with Crippen molar-refractivity contribution in [2.24, 2.45) is 5.92 Å². The first-order chi connectivity index (χ1) is 7.09. The Morgan fingerprint density at radius 2 is 2.20 bits per heavy atom. The minimum absolute atomic E-state index is 0.237. The summed E-state index contributed by atoms with van der Waals surface area (Å²) < 4.78 is 13.8. The second kappa shape index (κ2) is 6.20. The van der Waals surface area contributed by atoms with E-state index in [9.17, 15) is 4.39 Å². The Morgan fingerprint density at radius 1 is 1.47 bits per heavy atom. The molecule has 2 nitrogen and oxygen atoms in total. The van der Waals surface area contributed by atoms with Gasteiger partial charge in [-0.05, 0) is 29.7 Å². The molecule has 1 aromatic carbocycles. The molecular weight excluding hydrogens is 261 g/mol. The zero-order valence-electron chi connectivity index (χ0n) is 8.89. The number of nitrogens with one attached hydrogen (secondary N) is 1. The molecule has 0 saturated carbocycles. The lowest BCUT2D eigenvalue weighted by Crippen LogP contribution is -2.17. The van der Waals surface area contributed by atoms with E-state index in [4.69, 9.17) is 4.84 Å². The summed E-state index contributed by atoms with van der Waals surface area (Å²) in [6, 6.07) is 4.59. The van der Waals surface area contributed by atoms with Crippen molar-refractivity contribution >= 4 is 15.9 Å². The summed E-state index contributed by atoms with van der Waals surface area (Å²) in [6.07, 6.45) is 0. The number of hydrogen-bond acceptors (Lipinski definition) is 2. The van der Waals surface area contributed by atoms with E-state index in [1.807, 2.05) is 0 Å². The predicted molar refractivity (Wildman–Crippen MR) is 61.7 cm³/mol. The maximum absolute atomic E-state index is 12.9. The highest BCUT2D eigenvalue weighted by molar-refractivity contribution is 9.10. The molecule has 0 aromatic heterocycles. The lowest BCUT2D eigenvalue weighted by atomic mass is 10.2. The third-order valence-corrected chi connectivity index (χ3v) is 2.56. The van der Waals surface area contributed by atoms with Gasteiger partial charge >= 0.3 is 0 Å². The van der Waals surface area contributed by atoms with Gasteiger partial charge < -0.3 is 4.84 Å². The molecule has 0 aliphatic heterocycles. The molecular formula is C11H15BrFNO. The van der Waals surface area contributed by atoms with Gasteiger partial charge in [0.05, 0.1) is 6.61 Å². The standard InChI is InChI=1S/C11H15BrFNO/c1-8(2)7-15-14-6-9-5-10(13)3-4-11(9)12/h3-5,8,14H,6-7H2,1-2H3. The van der Waals surface area contributed by atoms with Crippen molar-refractivity contribution in [2.75, 3.05) is 6.61 Å². The topological polar surface area (TPSA) is 21.3 Å². The van der Waals surface area contributed by atoms with Gasteiger partial charge in [0.15, 0.2) is 0 Å². The highest BCUT2D eigenvalue weighted by Crippen LogP contribution is 2.17. The normalized spacial score (nSPS) is 11.0. The van der Waals surface area contributed by atoms with Gasteiger partial charge in [-0.1, -0.05) is 29.8 Å². The Bertz CT molecular complexity index is 317. The van der Waals surface area contributed by atoms with E-state index in [1.165, 1.54) is 12.1 Å². The second-order valence-electron chi connectivity index (χ2n) is 3.76. The van der Waals surface area contributed by atoms with Crippen molar-refractivity contribution in [3.05, 3.63) is 34.1 Å². The van der Waals surface area contributed by atoms with Crippen LogP contribution in [0.5, 0.6) is 0 Å². The first kappa shape index (κ1) is 12.6. The van der Waals surface area contributed by atoms with Crippen molar-refractivity contribution in [3.8, 4) is 0 Å². The van der Waals surface area contributed by atoms with Gasteiger partial charge in [0, 0.05) is 11.0 Å². The minimum Gasteiger partial charge on any atom is -0.301 e. The number of halogens is 2. The molecule has 0 aliphatic carbocycles. The molecule has 15 heavy (non-hydrogen) atoms. The molecule has 1 rings (SSSR count). The highest BCUT2D eigenvalue weighted by atomic mass is 79.9. The molecule has 84 valence electrons. The van der Waals surface area contributed by atoms with Crippen molar-refractivity contribution in [1.82, 2.24) is 5.48 Å². The van der Waals surface area contributed by atoms with Crippen LogP contribution in [0.15, 0.2) is 22.7 Å². The van der Waals surface area contributed by atoms with Gasteiger partial charge in [0.1, 0.15) is 5.82 Å². The van der Waals surface area contributed by atoms with Crippen LogP contribution in [-0.4, -0.2) is 6.61 Å². The first-order valence-electron chi connectivity index (χ1n) is 4.88. The van der Waals surface area contributed by atoms with Gasteiger partial charge in [0.25, 0.3) is 0 Å². The van der Waals surface area contributed by atoms with E-state index in [0.717, 1.165) is 10.0 Å². The number of rotatable bonds is 5. The van der Waals surface area contributed by atoms with E-state index in [2.05, 4.69) is 35.3 Å². The third-order valence-electron chi connectivity index (χ3n) is 1.79. The van der Waals surface area contributed by atoms with Crippen LogP contribution in [0, 0.1) is 11.7 Å². The monoisotopic (exact) mass is 275 g/mol. The molecule has 0 radical (unpaired) electrons. The average Bonchev–Trinajstić information content (AvgIpc) is 2.17. The molecule has 0 amide bonds. The van der Waals surface area contributed by atoms with Gasteiger partial charge in [-0.2, -0.15) is 5.48 Å². The van der Waals surface area contributed by atoms with E-state index in [-0.39, 0.29) is 5.82 Å². The summed E-state index contributed by atoms with van der Waals surface area (Å²) in [6.45, 7) is 5.28. The van der Waals surface area contributed by atoms with Crippen LogP contribution < -0.4 is 5.48 Å². The van der Waals surface area contributed by atoms with Crippen LogP contribution in [-0.2, 0) is 11.4 Å². The lowest BCUT2D eigenvalue weighted by molar-refractivity contribution is 0.0195. The fourth-order valence-corrected chi connectivity index (χ4v) is 1.42. The number of hydrogen-bond donors (Lipinski definition) is 1. The van der Waals surface area contributed by atoms with Crippen molar-refractivity contribution < 1.29 is 9.23 Å². The first-order valence-corrected chi connectivity index (χ1v) is 5.67. The molecule has 4 heteroatoms. The Balaban J connectivity index is 2.40. The highest BCUT2D eigenvalue weighted by Gasteiger charge is 2.01. The van der Waals surface area contributed by atoms with Crippen molar-refractivity contribution in [3.63, 3.8) is 0 Å². The van der Waals surface area contributed by atoms with Crippen LogP contribution in [0.2, 0.25) is 0 Å². The van der Waals surface area contributed by atoms with E-state index in [1.54, 1.807) is 6.07 Å². The zero-order chi connectivity index (χ0) is 11.3. The Hall–Kier alpha value is -0.450. The molecule has 0 unspecified atom stereocenters. The molecule has 0 spiro atoms. The summed E-state index contributed by atoms with van der Waals surface area (Å²) in [5, 5.41) is 0. The largest absolute Gasteiger partial charge is 0.301 e. The zero-order valence-corrected chi connectivity index (χ0v) is 10.5. The quantitative estimate of drug-likeness (QED) is 0.658. The van der Waals surface area contributed by atoms with Gasteiger partial charge in [-0.15, -0.1) is 0 Å². The molecule has 0 bridgehead atoms. The summed E-state index contributed by atoms with van der Waals surface area (Å²) >= 11 is 3.35. The van der Waals surface area contributed by atoms with Crippen LogP contribution in [0.25, 0.3) is 0 Å². The SMILES string of the molecule is CC(C)CONCc1cc(F)ccc1Br. The molecule has 1 N–H and O–H groups in total. The summed E-state index contributed by atoms with van der Waals surface area (Å²) in [5.41, 5.74) is 3.65. The Kier molecular flexibility index (Phi) is 5.22. The number of hydroxylamine groups is 1. The molecule has 0 fully saturated rings. The maximum atomic E-state index is 12.9. The molecule has 1 aromatic rings. The fourth-order valence-electron chi connectivity index (χ4n) is 1.03. The molecule has 0 saturated heterocycles. The Labute approximate surface area is 97.9 Å².